The van der Waals surface area contributed by atoms with Crippen LogP contribution in [0.25, 0.3) is 0 Å². The Bertz CT molecular complexity index is 436. The second-order valence-electron chi connectivity index (χ2n) is 7.05. The Morgan fingerprint density at radius 2 is 1.48 bits per heavy atom. The molecule has 2 amide bonds. The molecule has 9 nitrogen and oxygen atoms in total. The van der Waals surface area contributed by atoms with Crippen molar-refractivity contribution in [2.45, 2.75) is 45.1 Å². The lowest BCUT2D eigenvalue weighted by atomic mass is 10.2. The molecule has 0 aliphatic heterocycles. The topological polar surface area (TPSA) is 144 Å². The molecule has 0 heterocycles. The van der Waals surface area contributed by atoms with Crippen molar-refractivity contribution >= 4 is 33.4 Å². The fraction of sp³-hybridized carbons (Fsp3) is 0.900. The van der Waals surface area contributed by atoms with Crippen LogP contribution in [0.4, 0.5) is 0 Å². The van der Waals surface area contributed by atoms with Crippen molar-refractivity contribution in [3.05, 3.63) is 0 Å². The first kappa shape index (κ1) is 30.4. The van der Waals surface area contributed by atoms with E-state index in [0.717, 1.165) is 56.8 Å². The van der Waals surface area contributed by atoms with Crippen LogP contribution in [0.15, 0.2) is 0 Å². The highest BCUT2D eigenvalue weighted by molar-refractivity contribution is 8.76. The molecule has 0 rings (SSSR count). The van der Waals surface area contributed by atoms with Gasteiger partial charge in [-0.3, -0.25) is 9.59 Å². The summed E-state index contributed by atoms with van der Waals surface area (Å²) in [4.78, 5) is 23.4. The van der Waals surface area contributed by atoms with Crippen molar-refractivity contribution in [2.75, 3.05) is 70.5 Å². The van der Waals surface area contributed by atoms with E-state index in [0.29, 0.717) is 39.1 Å². The largest absolute Gasteiger partial charge is 0.367 e. The van der Waals surface area contributed by atoms with Gasteiger partial charge in [-0.15, -0.1) is 0 Å². The average molecular weight is 481 g/mol. The van der Waals surface area contributed by atoms with E-state index in [-0.39, 0.29) is 24.5 Å². The summed E-state index contributed by atoms with van der Waals surface area (Å²) in [6.07, 6.45) is 4.13. The van der Waals surface area contributed by atoms with Crippen LogP contribution in [-0.4, -0.2) is 88.4 Å². The third-order valence-corrected chi connectivity index (χ3v) is 6.56. The number of rotatable bonds is 23. The van der Waals surface area contributed by atoms with Crippen LogP contribution < -0.4 is 32.7 Å². The van der Waals surface area contributed by atoms with Gasteiger partial charge in [0.2, 0.25) is 11.8 Å². The Morgan fingerprint density at radius 1 is 0.871 bits per heavy atom. The zero-order chi connectivity index (χ0) is 23.0. The van der Waals surface area contributed by atoms with Crippen LogP contribution in [0.1, 0.15) is 39.0 Å². The van der Waals surface area contributed by atoms with Gasteiger partial charge >= 0.3 is 0 Å². The highest BCUT2D eigenvalue weighted by Gasteiger charge is 2.11. The lowest BCUT2D eigenvalue weighted by molar-refractivity contribution is -0.127. The molecule has 184 valence electrons. The van der Waals surface area contributed by atoms with Crippen molar-refractivity contribution in [3.8, 4) is 0 Å². The van der Waals surface area contributed by atoms with Crippen molar-refractivity contribution < 1.29 is 14.3 Å². The van der Waals surface area contributed by atoms with E-state index in [1.165, 1.54) is 0 Å². The smallest absolute Gasteiger partial charge is 0.246 e. The van der Waals surface area contributed by atoms with Gasteiger partial charge in [0.05, 0.1) is 6.10 Å². The van der Waals surface area contributed by atoms with Gasteiger partial charge in [0.1, 0.15) is 6.61 Å². The monoisotopic (exact) mass is 480 g/mol. The highest BCUT2D eigenvalue weighted by Crippen LogP contribution is 2.19. The molecule has 8 N–H and O–H groups in total. The van der Waals surface area contributed by atoms with Gasteiger partial charge in [-0.05, 0) is 58.4 Å². The number of carbonyl (C=O) groups is 2. The van der Waals surface area contributed by atoms with Gasteiger partial charge in [-0.25, -0.2) is 0 Å². The summed E-state index contributed by atoms with van der Waals surface area (Å²) in [7, 11) is 3.39. The molecule has 0 radical (unpaired) electrons. The molecule has 1 unspecified atom stereocenters. The Labute approximate surface area is 196 Å². The maximum atomic E-state index is 12.0. The van der Waals surface area contributed by atoms with Gasteiger partial charge < -0.3 is 37.5 Å². The molecule has 0 bridgehead atoms. The molecule has 0 saturated heterocycles. The number of carbonyl (C=O) groups excluding carboxylic acids is 2. The van der Waals surface area contributed by atoms with E-state index < -0.39 is 0 Å². The van der Waals surface area contributed by atoms with Crippen LogP contribution in [0, 0.1) is 0 Å². The Morgan fingerprint density at radius 3 is 2.10 bits per heavy atom. The summed E-state index contributed by atoms with van der Waals surface area (Å²) < 4.78 is 5.82. The predicted octanol–water partition coefficient (Wildman–Crippen LogP) is 0.0524. The van der Waals surface area contributed by atoms with Crippen molar-refractivity contribution in [2.24, 2.45) is 11.5 Å². The fourth-order valence-corrected chi connectivity index (χ4v) is 4.31. The molecular weight excluding hydrogens is 436 g/mol. The first-order valence-electron chi connectivity index (χ1n) is 11.3. The SMILES string of the molecule is CCCC(=O)NCCSSCCNC(=O)COC(CCNCCCN)CNCCCN. The minimum Gasteiger partial charge on any atom is -0.367 e. The quantitative estimate of drug-likeness (QED) is 0.0883. The molecule has 31 heavy (non-hydrogen) atoms. The van der Waals surface area contributed by atoms with E-state index in [4.69, 9.17) is 16.2 Å². The Hall–Kier alpha value is -0.560. The van der Waals surface area contributed by atoms with Crippen LogP contribution in [-0.2, 0) is 14.3 Å². The predicted molar refractivity (Wildman–Crippen MR) is 133 cm³/mol. The van der Waals surface area contributed by atoms with Crippen LogP contribution in [0.3, 0.4) is 0 Å². The molecule has 0 aromatic rings. The summed E-state index contributed by atoms with van der Waals surface area (Å²) in [6, 6.07) is 0. The molecule has 0 spiro atoms. The zero-order valence-corrected chi connectivity index (χ0v) is 20.7. The fourth-order valence-electron chi connectivity index (χ4n) is 2.49. The highest BCUT2D eigenvalue weighted by atomic mass is 33.1. The van der Waals surface area contributed by atoms with E-state index in [1.807, 2.05) is 6.92 Å². The summed E-state index contributed by atoms with van der Waals surface area (Å²) in [5.41, 5.74) is 11.0. The van der Waals surface area contributed by atoms with E-state index in [9.17, 15) is 9.59 Å². The first-order valence-corrected chi connectivity index (χ1v) is 13.8. The minimum atomic E-state index is -0.0968. The van der Waals surface area contributed by atoms with Crippen molar-refractivity contribution in [3.63, 3.8) is 0 Å². The molecule has 0 aromatic heterocycles. The van der Waals surface area contributed by atoms with Gasteiger partial charge in [-0.2, -0.15) is 0 Å². The average Bonchev–Trinajstić information content (AvgIpc) is 2.76. The molecule has 0 aromatic carbocycles. The third-order valence-electron chi connectivity index (χ3n) is 4.16. The first-order chi connectivity index (χ1) is 15.1. The standard InChI is InChI=1S/C20H44N6O3S2/c1-2-5-19(27)25-12-14-30-31-15-13-26-20(28)17-29-18(16-24-10-4-8-22)6-11-23-9-3-7-21/h18,23-24H,2-17,21-22H2,1H3,(H,25,27)(H,26,28). The lowest BCUT2D eigenvalue weighted by Gasteiger charge is -2.19. The van der Waals surface area contributed by atoms with Gasteiger partial charge in [0, 0.05) is 37.6 Å². The normalized spacial score (nSPS) is 12.0. The third kappa shape index (κ3) is 22.4. The second kappa shape index (κ2) is 24.1. The lowest BCUT2D eigenvalue weighted by Crippen LogP contribution is -2.37. The second-order valence-corrected chi connectivity index (χ2v) is 9.76. The van der Waals surface area contributed by atoms with Gasteiger partial charge in [-0.1, -0.05) is 28.5 Å². The molecule has 0 fully saturated rings. The molecule has 0 aliphatic rings. The molecule has 11 heteroatoms. The Kier molecular flexibility index (Phi) is 23.7. The number of nitrogens with one attached hydrogen (secondary N) is 4. The summed E-state index contributed by atoms with van der Waals surface area (Å²) in [5, 5.41) is 12.5. The number of nitrogens with two attached hydrogens (primary N) is 2. The van der Waals surface area contributed by atoms with E-state index in [2.05, 4.69) is 21.3 Å². The molecule has 0 aliphatic carbocycles. The van der Waals surface area contributed by atoms with Crippen LogP contribution >= 0.6 is 21.6 Å². The summed E-state index contributed by atoms with van der Waals surface area (Å²) in [6.45, 7) is 7.95. The van der Waals surface area contributed by atoms with Crippen molar-refractivity contribution in [1.82, 2.24) is 21.3 Å². The zero-order valence-electron chi connectivity index (χ0n) is 19.1. The maximum Gasteiger partial charge on any atom is 0.246 e. The minimum absolute atomic E-state index is 0.0262. The number of amides is 2. The van der Waals surface area contributed by atoms with E-state index >= 15 is 0 Å². The summed E-state index contributed by atoms with van der Waals surface area (Å²) in [5.74, 6) is 1.68. The molecular formula is C20H44N6O3S2. The van der Waals surface area contributed by atoms with Crippen LogP contribution in [0.2, 0.25) is 0 Å². The number of ether oxygens (including phenoxy) is 1. The molecule has 0 saturated carbocycles. The van der Waals surface area contributed by atoms with Gasteiger partial charge in [0.25, 0.3) is 0 Å². The number of hydrogen-bond acceptors (Lipinski definition) is 9. The Balaban J connectivity index is 3.81. The number of hydrogen-bond donors (Lipinski definition) is 6. The van der Waals surface area contributed by atoms with Crippen molar-refractivity contribution in [1.29, 1.82) is 0 Å². The van der Waals surface area contributed by atoms with Crippen LogP contribution in [0.5, 0.6) is 0 Å². The summed E-state index contributed by atoms with van der Waals surface area (Å²) >= 11 is 0. The maximum absolute atomic E-state index is 12.0. The molecule has 1 atom stereocenters. The van der Waals surface area contributed by atoms with Gasteiger partial charge in [0.15, 0.2) is 0 Å². The van der Waals surface area contributed by atoms with E-state index in [1.54, 1.807) is 21.6 Å².